The summed E-state index contributed by atoms with van der Waals surface area (Å²) >= 11 is 1.68. The van der Waals surface area contributed by atoms with Crippen molar-refractivity contribution in [3.05, 3.63) is 60.2 Å². The summed E-state index contributed by atoms with van der Waals surface area (Å²) in [7, 11) is 0. The van der Waals surface area contributed by atoms with Gasteiger partial charge in [0, 0.05) is 29.4 Å². The van der Waals surface area contributed by atoms with E-state index < -0.39 is 0 Å². The molecule has 1 amide bonds. The summed E-state index contributed by atoms with van der Waals surface area (Å²) in [6, 6.07) is 17.6. The SMILES string of the molecule is O=C(CCSc1ccccc1)Nc1ccc(CCO)cc1. The lowest BCUT2D eigenvalue weighted by Crippen LogP contribution is -2.12. The number of nitrogens with one attached hydrogen (secondary N) is 1. The van der Waals surface area contributed by atoms with Crippen LogP contribution in [0.5, 0.6) is 0 Å². The minimum absolute atomic E-state index is 0.0216. The molecule has 0 atom stereocenters. The van der Waals surface area contributed by atoms with Gasteiger partial charge in [-0.2, -0.15) is 0 Å². The largest absolute Gasteiger partial charge is 0.396 e. The van der Waals surface area contributed by atoms with Crippen molar-refractivity contribution in [2.24, 2.45) is 0 Å². The second-order valence-corrected chi connectivity index (χ2v) is 5.80. The van der Waals surface area contributed by atoms with Gasteiger partial charge in [0.15, 0.2) is 0 Å². The highest BCUT2D eigenvalue weighted by molar-refractivity contribution is 7.99. The van der Waals surface area contributed by atoms with E-state index in [4.69, 9.17) is 5.11 Å². The number of benzene rings is 2. The maximum Gasteiger partial charge on any atom is 0.225 e. The minimum Gasteiger partial charge on any atom is -0.396 e. The van der Waals surface area contributed by atoms with Crippen molar-refractivity contribution in [1.29, 1.82) is 0 Å². The summed E-state index contributed by atoms with van der Waals surface area (Å²) in [5.41, 5.74) is 1.86. The molecule has 0 spiro atoms. The van der Waals surface area contributed by atoms with Crippen LogP contribution in [0.15, 0.2) is 59.5 Å². The normalized spacial score (nSPS) is 10.3. The van der Waals surface area contributed by atoms with Crippen molar-refractivity contribution in [3.63, 3.8) is 0 Å². The van der Waals surface area contributed by atoms with Gasteiger partial charge in [-0.25, -0.2) is 0 Å². The molecule has 2 aromatic rings. The first-order chi connectivity index (χ1) is 10.3. The lowest BCUT2D eigenvalue weighted by Gasteiger charge is -2.06. The Morgan fingerprint density at radius 2 is 1.76 bits per heavy atom. The lowest BCUT2D eigenvalue weighted by molar-refractivity contribution is -0.115. The van der Waals surface area contributed by atoms with Crippen molar-refractivity contribution in [1.82, 2.24) is 0 Å². The van der Waals surface area contributed by atoms with E-state index in [9.17, 15) is 4.79 Å². The van der Waals surface area contributed by atoms with E-state index in [1.54, 1.807) is 11.8 Å². The summed E-state index contributed by atoms with van der Waals surface area (Å²) in [6.07, 6.45) is 1.12. The van der Waals surface area contributed by atoms with Crippen LogP contribution in [0.2, 0.25) is 0 Å². The van der Waals surface area contributed by atoms with Gasteiger partial charge in [0.2, 0.25) is 5.91 Å². The number of aliphatic hydroxyl groups excluding tert-OH is 1. The van der Waals surface area contributed by atoms with Gasteiger partial charge in [0.1, 0.15) is 0 Å². The molecule has 0 heterocycles. The molecule has 0 saturated heterocycles. The Morgan fingerprint density at radius 3 is 2.43 bits per heavy atom. The first-order valence-electron chi connectivity index (χ1n) is 6.95. The Labute approximate surface area is 129 Å². The molecule has 0 aliphatic rings. The van der Waals surface area contributed by atoms with Crippen molar-refractivity contribution >= 4 is 23.4 Å². The maximum atomic E-state index is 11.8. The molecule has 0 aromatic heterocycles. The number of hydrogen-bond donors (Lipinski definition) is 2. The molecule has 0 aliphatic carbocycles. The number of hydrogen-bond acceptors (Lipinski definition) is 3. The van der Waals surface area contributed by atoms with Crippen LogP contribution in [-0.2, 0) is 11.2 Å². The van der Waals surface area contributed by atoms with Crippen molar-refractivity contribution < 1.29 is 9.90 Å². The second kappa shape index (κ2) is 8.49. The highest BCUT2D eigenvalue weighted by Crippen LogP contribution is 2.18. The third-order valence-electron chi connectivity index (χ3n) is 2.98. The molecule has 2 aromatic carbocycles. The van der Waals surface area contributed by atoms with Gasteiger partial charge < -0.3 is 10.4 Å². The lowest BCUT2D eigenvalue weighted by atomic mass is 10.1. The predicted octanol–water partition coefficient (Wildman–Crippen LogP) is 3.34. The minimum atomic E-state index is 0.0216. The summed E-state index contributed by atoms with van der Waals surface area (Å²) < 4.78 is 0. The highest BCUT2D eigenvalue weighted by Gasteiger charge is 2.03. The molecular formula is C17H19NO2S. The summed E-state index contributed by atoms with van der Waals surface area (Å²) in [4.78, 5) is 13.0. The molecule has 2 rings (SSSR count). The van der Waals surface area contributed by atoms with E-state index in [2.05, 4.69) is 5.32 Å². The zero-order valence-corrected chi connectivity index (χ0v) is 12.6. The number of anilines is 1. The molecule has 3 nitrogen and oxygen atoms in total. The maximum absolute atomic E-state index is 11.8. The van der Waals surface area contributed by atoms with Crippen molar-refractivity contribution in [2.75, 3.05) is 17.7 Å². The molecular weight excluding hydrogens is 282 g/mol. The van der Waals surface area contributed by atoms with Gasteiger partial charge in [0.05, 0.1) is 0 Å². The molecule has 4 heteroatoms. The van der Waals surface area contributed by atoms with E-state index in [-0.39, 0.29) is 12.5 Å². The van der Waals surface area contributed by atoms with Gasteiger partial charge in [0.25, 0.3) is 0 Å². The Balaban J connectivity index is 1.74. The zero-order valence-electron chi connectivity index (χ0n) is 11.8. The molecule has 0 radical (unpaired) electrons. The fourth-order valence-corrected chi connectivity index (χ4v) is 2.76. The van der Waals surface area contributed by atoms with Crippen LogP contribution in [0.4, 0.5) is 5.69 Å². The summed E-state index contributed by atoms with van der Waals surface area (Å²) in [5.74, 6) is 0.784. The number of carbonyl (C=O) groups excluding carboxylic acids is 1. The third kappa shape index (κ3) is 5.61. The smallest absolute Gasteiger partial charge is 0.225 e. The molecule has 0 bridgehead atoms. The fourth-order valence-electron chi connectivity index (χ4n) is 1.89. The second-order valence-electron chi connectivity index (χ2n) is 4.63. The molecule has 21 heavy (non-hydrogen) atoms. The van der Waals surface area contributed by atoms with Crippen LogP contribution in [0, 0.1) is 0 Å². The zero-order chi connectivity index (χ0) is 14.9. The first kappa shape index (κ1) is 15.6. The number of aliphatic hydroxyl groups is 1. The van der Waals surface area contributed by atoms with Gasteiger partial charge in [-0.05, 0) is 36.2 Å². The van der Waals surface area contributed by atoms with Crippen LogP contribution < -0.4 is 5.32 Å². The number of amides is 1. The number of carbonyl (C=O) groups is 1. The van der Waals surface area contributed by atoms with Gasteiger partial charge in [-0.1, -0.05) is 30.3 Å². The Morgan fingerprint density at radius 1 is 1.05 bits per heavy atom. The number of rotatable bonds is 7. The summed E-state index contributed by atoms with van der Waals surface area (Å²) in [6.45, 7) is 0.141. The standard InChI is InChI=1S/C17H19NO2S/c19-12-10-14-6-8-15(9-7-14)18-17(20)11-13-21-16-4-2-1-3-5-16/h1-9,19H,10-13H2,(H,18,20). The Kier molecular flexibility index (Phi) is 6.31. The van der Waals surface area contributed by atoms with E-state index >= 15 is 0 Å². The first-order valence-corrected chi connectivity index (χ1v) is 7.94. The monoisotopic (exact) mass is 301 g/mol. The Bertz CT molecular complexity index is 555. The van der Waals surface area contributed by atoms with E-state index in [1.165, 1.54) is 4.90 Å². The average molecular weight is 301 g/mol. The predicted molar refractivity (Wildman–Crippen MR) is 87.6 cm³/mol. The van der Waals surface area contributed by atoms with E-state index in [0.717, 1.165) is 17.0 Å². The van der Waals surface area contributed by atoms with Crippen molar-refractivity contribution in [2.45, 2.75) is 17.7 Å². The van der Waals surface area contributed by atoms with E-state index in [1.807, 2.05) is 54.6 Å². The van der Waals surface area contributed by atoms with E-state index in [0.29, 0.717) is 12.8 Å². The van der Waals surface area contributed by atoms with Crippen LogP contribution in [-0.4, -0.2) is 23.4 Å². The topological polar surface area (TPSA) is 49.3 Å². The quantitative estimate of drug-likeness (QED) is 0.771. The average Bonchev–Trinajstić information content (AvgIpc) is 2.51. The van der Waals surface area contributed by atoms with Gasteiger partial charge >= 0.3 is 0 Å². The van der Waals surface area contributed by atoms with Crippen LogP contribution in [0.3, 0.4) is 0 Å². The molecule has 0 aliphatic heterocycles. The highest BCUT2D eigenvalue weighted by atomic mass is 32.2. The van der Waals surface area contributed by atoms with Crippen LogP contribution >= 0.6 is 11.8 Å². The third-order valence-corrected chi connectivity index (χ3v) is 3.99. The molecule has 0 fully saturated rings. The molecule has 110 valence electrons. The number of thioether (sulfide) groups is 1. The van der Waals surface area contributed by atoms with Crippen molar-refractivity contribution in [3.8, 4) is 0 Å². The van der Waals surface area contributed by atoms with Crippen LogP contribution in [0.25, 0.3) is 0 Å². The van der Waals surface area contributed by atoms with Gasteiger partial charge in [-0.15, -0.1) is 11.8 Å². The fraction of sp³-hybridized carbons (Fsp3) is 0.235. The Hall–Kier alpha value is -1.78. The van der Waals surface area contributed by atoms with Gasteiger partial charge in [-0.3, -0.25) is 4.79 Å². The molecule has 0 saturated carbocycles. The molecule has 0 unspecified atom stereocenters. The summed E-state index contributed by atoms with van der Waals surface area (Å²) in [5, 5.41) is 11.7. The van der Waals surface area contributed by atoms with Crippen LogP contribution in [0.1, 0.15) is 12.0 Å². The molecule has 2 N–H and O–H groups in total.